The molecular formula is C12H8ClFN2O2. The molecule has 1 heterocycles. The van der Waals surface area contributed by atoms with E-state index in [1.165, 1.54) is 31.5 Å². The van der Waals surface area contributed by atoms with E-state index in [9.17, 15) is 9.18 Å². The summed E-state index contributed by atoms with van der Waals surface area (Å²) in [4.78, 5) is 19.6. The molecule has 2 rings (SSSR count). The minimum absolute atomic E-state index is 0.0260. The van der Waals surface area contributed by atoms with E-state index < -0.39 is 11.6 Å². The predicted octanol–water partition coefficient (Wildman–Crippen LogP) is 2.51. The molecule has 0 amide bonds. The predicted molar refractivity (Wildman–Crippen MR) is 63.4 cm³/mol. The third-order valence-electron chi connectivity index (χ3n) is 2.27. The lowest BCUT2D eigenvalue weighted by Gasteiger charge is -2.07. The largest absolute Gasteiger partial charge is 0.496 e. The summed E-state index contributed by atoms with van der Waals surface area (Å²) in [6.45, 7) is 0. The van der Waals surface area contributed by atoms with Crippen molar-refractivity contribution in [2.24, 2.45) is 0 Å². The molecule has 0 radical (unpaired) electrons. The van der Waals surface area contributed by atoms with Crippen LogP contribution in [-0.2, 0) is 0 Å². The number of hydrogen-bond acceptors (Lipinski definition) is 4. The average molecular weight is 267 g/mol. The van der Waals surface area contributed by atoms with Gasteiger partial charge in [-0.05, 0) is 29.8 Å². The molecule has 92 valence electrons. The number of carbonyl (C=O) groups is 1. The maximum absolute atomic E-state index is 13.0. The quantitative estimate of drug-likeness (QED) is 0.633. The van der Waals surface area contributed by atoms with Crippen molar-refractivity contribution in [2.45, 2.75) is 0 Å². The Morgan fingerprint density at radius 1 is 1.39 bits per heavy atom. The molecule has 1 aromatic carbocycles. The van der Waals surface area contributed by atoms with Gasteiger partial charge in [0.15, 0.2) is 0 Å². The minimum atomic E-state index is -0.482. The van der Waals surface area contributed by atoms with Gasteiger partial charge in [0.05, 0.1) is 12.7 Å². The zero-order chi connectivity index (χ0) is 13.1. The third-order valence-corrected chi connectivity index (χ3v) is 2.45. The molecule has 0 atom stereocenters. The van der Waals surface area contributed by atoms with Gasteiger partial charge in [0.25, 0.3) is 0 Å². The van der Waals surface area contributed by atoms with E-state index in [0.29, 0.717) is 0 Å². The summed E-state index contributed by atoms with van der Waals surface area (Å²) in [5, 5.41) is -0.0260. The molecule has 0 fully saturated rings. The number of aromatic nitrogens is 2. The van der Waals surface area contributed by atoms with E-state index in [1.807, 2.05) is 0 Å². The number of hydrogen-bond donors (Lipinski definition) is 0. The van der Waals surface area contributed by atoms with Gasteiger partial charge in [0.1, 0.15) is 17.3 Å². The average Bonchev–Trinajstić information content (AvgIpc) is 2.37. The highest BCUT2D eigenvalue weighted by atomic mass is 35.5. The normalized spacial score (nSPS) is 10.2. The molecule has 0 aliphatic heterocycles. The number of halogens is 2. The first-order valence-electron chi connectivity index (χ1n) is 4.98. The van der Waals surface area contributed by atoms with E-state index in [0.717, 1.165) is 6.07 Å². The molecule has 0 saturated carbocycles. The zero-order valence-electron chi connectivity index (χ0n) is 9.35. The summed E-state index contributed by atoms with van der Waals surface area (Å²) in [5.74, 6) is -0.741. The van der Waals surface area contributed by atoms with Crippen LogP contribution < -0.4 is 4.74 Å². The summed E-state index contributed by atoms with van der Waals surface area (Å²) >= 11 is 5.61. The molecular weight excluding hydrogens is 259 g/mol. The van der Waals surface area contributed by atoms with Crippen molar-refractivity contribution in [3.05, 3.63) is 52.8 Å². The molecule has 2 aromatic rings. The van der Waals surface area contributed by atoms with Gasteiger partial charge in [-0.2, -0.15) is 0 Å². The fraction of sp³-hybridized carbons (Fsp3) is 0.0833. The van der Waals surface area contributed by atoms with E-state index in [1.54, 1.807) is 0 Å². The Hall–Kier alpha value is -2.01. The monoisotopic (exact) mass is 266 g/mol. The summed E-state index contributed by atoms with van der Waals surface area (Å²) in [6, 6.07) is 5.08. The summed E-state index contributed by atoms with van der Waals surface area (Å²) in [7, 11) is 1.36. The Morgan fingerprint density at radius 2 is 2.17 bits per heavy atom. The highest BCUT2D eigenvalue weighted by Crippen LogP contribution is 2.22. The van der Waals surface area contributed by atoms with Gasteiger partial charge in [-0.15, -0.1) is 0 Å². The molecule has 0 saturated heterocycles. The number of methoxy groups -OCH3 is 1. The van der Waals surface area contributed by atoms with Crippen LogP contribution in [-0.4, -0.2) is 22.9 Å². The Morgan fingerprint density at radius 3 is 2.83 bits per heavy atom. The van der Waals surface area contributed by atoms with E-state index in [-0.39, 0.29) is 22.3 Å². The van der Waals surface area contributed by atoms with E-state index in [4.69, 9.17) is 16.3 Å². The van der Waals surface area contributed by atoms with Gasteiger partial charge in [0.2, 0.25) is 11.1 Å². The second kappa shape index (κ2) is 5.10. The Balaban J connectivity index is 2.46. The number of benzene rings is 1. The van der Waals surface area contributed by atoms with Gasteiger partial charge in [-0.3, -0.25) is 4.79 Å². The molecule has 6 heteroatoms. The number of carbonyl (C=O) groups excluding carboxylic acids is 1. The second-order valence-electron chi connectivity index (χ2n) is 3.38. The number of rotatable bonds is 3. The van der Waals surface area contributed by atoms with Gasteiger partial charge in [-0.1, -0.05) is 0 Å². The van der Waals surface area contributed by atoms with Crippen molar-refractivity contribution < 1.29 is 13.9 Å². The molecule has 0 N–H and O–H groups in total. The van der Waals surface area contributed by atoms with Gasteiger partial charge >= 0.3 is 0 Å². The third kappa shape index (κ3) is 2.46. The number of ketones is 1. The topological polar surface area (TPSA) is 52.1 Å². The van der Waals surface area contributed by atoms with Gasteiger partial charge in [0, 0.05) is 12.3 Å². The van der Waals surface area contributed by atoms with Crippen LogP contribution in [0.4, 0.5) is 4.39 Å². The van der Waals surface area contributed by atoms with Crippen LogP contribution in [0.15, 0.2) is 30.5 Å². The lowest BCUT2D eigenvalue weighted by atomic mass is 10.1. The highest BCUT2D eigenvalue weighted by Gasteiger charge is 2.16. The summed E-state index contributed by atoms with van der Waals surface area (Å²) in [6.07, 6.45) is 1.37. The molecule has 0 unspecified atom stereocenters. The first-order chi connectivity index (χ1) is 8.61. The van der Waals surface area contributed by atoms with Crippen LogP contribution in [0.25, 0.3) is 0 Å². The van der Waals surface area contributed by atoms with Crippen LogP contribution in [0.5, 0.6) is 5.75 Å². The fourth-order valence-electron chi connectivity index (χ4n) is 1.45. The van der Waals surface area contributed by atoms with Crippen LogP contribution in [0.2, 0.25) is 5.28 Å². The first-order valence-corrected chi connectivity index (χ1v) is 5.36. The molecule has 18 heavy (non-hydrogen) atoms. The Bertz CT molecular complexity index is 604. The Labute approximate surface area is 107 Å². The van der Waals surface area contributed by atoms with Crippen LogP contribution in [0.1, 0.15) is 16.1 Å². The van der Waals surface area contributed by atoms with Crippen molar-refractivity contribution >= 4 is 17.4 Å². The van der Waals surface area contributed by atoms with Crippen LogP contribution >= 0.6 is 11.6 Å². The lowest BCUT2D eigenvalue weighted by Crippen LogP contribution is -2.07. The molecule has 0 spiro atoms. The maximum Gasteiger partial charge on any atom is 0.222 e. The second-order valence-corrected chi connectivity index (χ2v) is 3.72. The van der Waals surface area contributed by atoms with Crippen LogP contribution in [0, 0.1) is 5.82 Å². The SMILES string of the molecule is COc1cc(F)ccc1C(=O)c1ccnc(Cl)n1. The molecule has 1 aromatic heterocycles. The summed E-state index contributed by atoms with van der Waals surface area (Å²) < 4.78 is 18.0. The molecule has 0 bridgehead atoms. The highest BCUT2D eigenvalue weighted by molar-refractivity contribution is 6.28. The minimum Gasteiger partial charge on any atom is -0.496 e. The molecule has 0 aliphatic carbocycles. The maximum atomic E-state index is 13.0. The van der Waals surface area contributed by atoms with E-state index >= 15 is 0 Å². The zero-order valence-corrected chi connectivity index (χ0v) is 10.1. The number of ether oxygens (including phenoxy) is 1. The first kappa shape index (κ1) is 12.4. The van der Waals surface area contributed by atoms with Gasteiger partial charge in [-0.25, -0.2) is 14.4 Å². The van der Waals surface area contributed by atoms with Crippen molar-refractivity contribution in [1.82, 2.24) is 9.97 Å². The van der Waals surface area contributed by atoms with Crippen molar-refractivity contribution in [1.29, 1.82) is 0 Å². The fourth-order valence-corrected chi connectivity index (χ4v) is 1.60. The standard InChI is InChI=1S/C12H8ClFN2O2/c1-18-10-6-7(14)2-3-8(10)11(17)9-4-5-15-12(13)16-9/h2-6H,1H3. The van der Waals surface area contributed by atoms with Crippen molar-refractivity contribution in [3.63, 3.8) is 0 Å². The lowest BCUT2D eigenvalue weighted by molar-refractivity contribution is 0.103. The Kier molecular flexibility index (Phi) is 3.53. The smallest absolute Gasteiger partial charge is 0.222 e. The van der Waals surface area contributed by atoms with Crippen LogP contribution in [0.3, 0.4) is 0 Å². The van der Waals surface area contributed by atoms with Gasteiger partial charge < -0.3 is 4.74 Å². The summed E-state index contributed by atoms with van der Waals surface area (Å²) in [5.41, 5.74) is 0.341. The van der Waals surface area contributed by atoms with Crippen molar-refractivity contribution in [2.75, 3.05) is 7.11 Å². The van der Waals surface area contributed by atoms with E-state index in [2.05, 4.69) is 9.97 Å². The van der Waals surface area contributed by atoms with Crippen molar-refractivity contribution in [3.8, 4) is 5.75 Å². The molecule has 0 aliphatic rings. The molecule has 4 nitrogen and oxygen atoms in total. The number of nitrogens with zero attached hydrogens (tertiary/aromatic N) is 2.